The van der Waals surface area contributed by atoms with Crippen molar-refractivity contribution in [3.63, 3.8) is 0 Å². The van der Waals surface area contributed by atoms with Gasteiger partial charge in [0.2, 0.25) is 0 Å². The van der Waals surface area contributed by atoms with E-state index in [1.54, 1.807) is 18.2 Å². The number of primary amides is 1. The van der Waals surface area contributed by atoms with Crippen LogP contribution in [0.1, 0.15) is 17.5 Å². The molecule has 30 heavy (non-hydrogen) atoms. The molecule has 1 heterocycles. The number of nitrogens with zero attached hydrogens (tertiary/aromatic N) is 3. The van der Waals surface area contributed by atoms with E-state index in [1.807, 2.05) is 0 Å². The van der Waals surface area contributed by atoms with Crippen molar-refractivity contribution in [1.82, 2.24) is 14.9 Å². The number of rotatable bonds is 8. The summed E-state index contributed by atoms with van der Waals surface area (Å²) in [6.07, 6.45) is 2.76. The molecule has 0 unspecified atom stereocenters. The first-order chi connectivity index (χ1) is 14.3. The Bertz CT molecular complexity index is 822. The topological polar surface area (TPSA) is 120 Å². The van der Waals surface area contributed by atoms with Crippen LogP contribution in [0.4, 0.5) is 4.79 Å². The molecule has 0 atom stereocenters. The molecule has 9 heteroatoms. The van der Waals surface area contributed by atoms with E-state index in [1.165, 1.54) is 6.08 Å². The van der Waals surface area contributed by atoms with Gasteiger partial charge in [0.1, 0.15) is 12.4 Å². The fourth-order valence-electron chi connectivity index (χ4n) is 2.84. The SMILES string of the molecule is CN1CCN(CCOc2ccc(C#CCCN(O)C(N)=O)cc2C=CC(=O)O)CC1. The van der Waals surface area contributed by atoms with Crippen LogP contribution in [0.5, 0.6) is 5.75 Å². The number of hydrogen-bond acceptors (Lipinski definition) is 6. The number of carbonyl (C=O) groups excluding carboxylic acids is 1. The number of benzene rings is 1. The van der Waals surface area contributed by atoms with E-state index >= 15 is 0 Å². The molecule has 0 bridgehead atoms. The molecule has 2 rings (SSSR count). The third-order valence-electron chi connectivity index (χ3n) is 4.61. The zero-order valence-electron chi connectivity index (χ0n) is 17.1. The van der Waals surface area contributed by atoms with Crippen molar-refractivity contribution in [3.05, 3.63) is 35.4 Å². The molecule has 2 amide bonds. The molecule has 0 aromatic heterocycles. The number of likely N-dealkylation sites (N-methyl/N-ethyl adjacent to an activating group) is 1. The van der Waals surface area contributed by atoms with Gasteiger partial charge in [-0.05, 0) is 31.3 Å². The largest absolute Gasteiger partial charge is 0.492 e. The lowest BCUT2D eigenvalue weighted by Gasteiger charge is -2.32. The number of hydroxylamine groups is 2. The number of carboxylic acid groups (broad SMARTS) is 1. The molecule has 0 aliphatic carbocycles. The second kappa shape index (κ2) is 11.8. The van der Waals surface area contributed by atoms with Gasteiger partial charge in [0, 0.05) is 56.3 Å². The van der Waals surface area contributed by atoms with Gasteiger partial charge >= 0.3 is 12.0 Å². The molecule has 4 N–H and O–H groups in total. The Balaban J connectivity index is 1.99. The van der Waals surface area contributed by atoms with E-state index in [2.05, 4.69) is 28.7 Å². The number of ether oxygens (including phenoxy) is 1. The summed E-state index contributed by atoms with van der Waals surface area (Å²) >= 11 is 0. The first-order valence-electron chi connectivity index (χ1n) is 9.68. The van der Waals surface area contributed by atoms with E-state index in [4.69, 9.17) is 15.6 Å². The molecule has 1 saturated heterocycles. The average Bonchev–Trinajstić information content (AvgIpc) is 2.71. The maximum Gasteiger partial charge on any atom is 0.338 e. The molecule has 0 radical (unpaired) electrons. The van der Waals surface area contributed by atoms with Crippen LogP contribution in [0, 0.1) is 11.8 Å². The summed E-state index contributed by atoms with van der Waals surface area (Å²) in [5, 5.41) is 18.6. The highest BCUT2D eigenvalue weighted by Crippen LogP contribution is 2.22. The van der Waals surface area contributed by atoms with Crippen LogP contribution in [-0.4, -0.2) is 90.1 Å². The highest BCUT2D eigenvalue weighted by atomic mass is 16.5. The Hall–Kier alpha value is -3.06. The predicted octanol–water partition coefficient (Wildman–Crippen LogP) is 0.922. The van der Waals surface area contributed by atoms with Crippen LogP contribution < -0.4 is 10.5 Å². The van der Waals surface area contributed by atoms with Crippen LogP contribution in [-0.2, 0) is 4.79 Å². The van der Waals surface area contributed by atoms with Crippen LogP contribution in [0.2, 0.25) is 0 Å². The summed E-state index contributed by atoms with van der Waals surface area (Å²) in [7, 11) is 2.11. The summed E-state index contributed by atoms with van der Waals surface area (Å²) in [5.74, 6) is 5.29. The minimum Gasteiger partial charge on any atom is -0.492 e. The molecular formula is C21H28N4O5. The summed E-state index contributed by atoms with van der Waals surface area (Å²) < 4.78 is 5.90. The monoisotopic (exact) mass is 416 g/mol. The zero-order chi connectivity index (χ0) is 21.9. The molecular weight excluding hydrogens is 388 g/mol. The number of nitrogens with two attached hydrogens (primary N) is 1. The van der Waals surface area contributed by atoms with Gasteiger partial charge in [0.25, 0.3) is 0 Å². The Morgan fingerprint density at radius 1 is 1.30 bits per heavy atom. The average molecular weight is 416 g/mol. The quantitative estimate of drug-likeness (QED) is 0.249. The summed E-state index contributed by atoms with van der Waals surface area (Å²) in [6, 6.07) is 4.34. The van der Waals surface area contributed by atoms with Crippen molar-refractivity contribution >= 4 is 18.1 Å². The maximum absolute atomic E-state index is 10.9. The lowest BCUT2D eigenvalue weighted by atomic mass is 10.1. The molecule has 0 saturated carbocycles. The number of carbonyl (C=O) groups is 2. The number of aliphatic carboxylic acids is 1. The molecule has 1 fully saturated rings. The van der Waals surface area contributed by atoms with Crippen molar-refractivity contribution in [3.8, 4) is 17.6 Å². The van der Waals surface area contributed by atoms with Gasteiger partial charge in [-0.3, -0.25) is 10.1 Å². The lowest BCUT2D eigenvalue weighted by Crippen LogP contribution is -2.45. The minimum absolute atomic E-state index is 0.00158. The van der Waals surface area contributed by atoms with Crippen molar-refractivity contribution in [2.75, 3.05) is 52.9 Å². The molecule has 9 nitrogen and oxygen atoms in total. The maximum atomic E-state index is 10.9. The van der Waals surface area contributed by atoms with Gasteiger partial charge in [0.05, 0.1) is 6.54 Å². The zero-order valence-corrected chi connectivity index (χ0v) is 17.1. The van der Waals surface area contributed by atoms with Crippen molar-refractivity contribution < 1.29 is 24.6 Å². The number of carboxylic acids is 1. The molecule has 1 aromatic carbocycles. The van der Waals surface area contributed by atoms with E-state index in [0.717, 1.165) is 38.8 Å². The van der Waals surface area contributed by atoms with Gasteiger partial charge in [-0.15, -0.1) is 0 Å². The standard InChI is InChI=1S/C21H28N4O5/c1-23-10-12-24(13-11-23)14-15-30-19-7-5-17(16-18(19)6-8-20(26)27)4-2-3-9-25(29)21(22)28/h5-8,16,29H,3,9-15H2,1H3,(H2,22,28)(H,26,27). The van der Waals surface area contributed by atoms with Crippen LogP contribution in [0.25, 0.3) is 6.08 Å². The third kappa shape index (κ3) is 8.13. The highest BCUT2D eigenvalue weighted by Gasteiger charge is 2.13. The Kier molecular flexibility index (Phi) is 9.15. The van der Waals surface area contributed by atoms with Crippen molar-refractivity contribution in [1.29, 1.82) is 0 Å². The number of amides is 2. The van der Waals surface area contributed by atoms with Crippen LogP contribution in [0.3, 0.4) is 0 Å². The highest BCUT2D eigenvalue weighted by molar-refractivity contribution is 5.86. The first kappa shape index (κ1) is 23.2. The molecule has 1 aromatic rings. The fraction of sp³-hybridized carbons (Fsp3) is 0.429. The van der Waals surface area contributed by atoms with E-state index in [-0.39, 0.29) is 13.0 Å². The van der Waals surface area contributed by atoms with E-state index in [0.29, 0.717) is 28.5 Å². The smallest absolute Gasteiger partial charge is 0.338 e. The van der Waals surface area contributed by atoms with Gasteiger partial charge < -0.3 is 20.5 Å². The number of piperazine rings is 1. The summed E-state index contributed by atoms with van der Waals surface area (Å²) in [4.78, 5) is 26.3. The number of hydrogen-bond donors (Lipinski definition) is 3. The van der Waals surface area contributed by atoms with Gasteiger partial charge in [-0.2, -0.15) is 0 Å². The molecule has 162 valence electrons. The lowest BCUT2D eigenvalue weighted by molar-refractivity contribution is -0.131. The normalized spacial score (nSPS) is 14.9. The first-order valence-corrected chi connectivity index (χ1v) is 9.68. The van der Waals surface area contributed by atoms with Crippen LogP contribution >= 0.6 is 0 Å². The van der Waals surface area contributed by atoms with E-state index < -0.39 is 12.0 Å². The second-order valence-electron chi connectivity index (χ2n) is 6.93. The predicted molar refractivity (Wildman–Crippen MR) is 112 cm³/mol. The molecule has 1 aliphatic rings. The van der Waals surface area contributed by atoms with Crippen LogP contribution in [0.15, 0.2) is 24.3 Å². The number of urea groups is 1. The Morgan fingerprint density at radius 2 is 2.03 bits per heavy atom. The summed E-state index contributed by atoms with van der Waals surface area (Å²) in [6.45, 7) is 5.38. The summed E-state index contributed by atoms with van der Waals surface area (Å²) in [5.41, 5.74) is 6.21. The molecule has 0 spiro atoms. The second-order valence-corrected chi connectivity index (χ2v) is 6.93. The van der Waals surface area contributed by atoms with Gasteiger partial charge in [-0.1, -0.05) is 11.8 Å². The van der Waals surface area contributed by atoms with E-state index in [9.17, 15) is 14.8 Å². The Labute approximate surface area is 176 Å². The fourth-order valence-corrected chi connectivity index (χ4v) is 2.84. The van der Waals surface area contributed by atoms with Gasteiger partial charge in [-0.25, -0.2) is 14.7 Å². The third-order valence-corrected chi connectivity index (χ3v) is 4.61. The Morgan fingerprint density at radius 3 is 2.70 bits per heavy atom. The molecule has 1 aliphatic heterocycles. The van der Waals surface area contributed by atoms with Gasteiger partial charge in [0.15, 0.2) is 0 Å². The minimum atomic E-state index is -1.05. The van der Waals surface area contributed by atoms with Crippen molar-refractivity contribution in [2.45, 2.75) is 6.42 Å². The van der Waals surface area contributed by atoms with Crippen molar-refractivity contribution in [2.24, 2.45) is 5.73 Å².